The first-order valence-corrected chi connectivity index (χ1v) is 7.26. The van der Waals surface area contributed by atoms with Crippen molar-refractivity contribution in [2.24, 2.45) is 0 Å². The molecule has 114 valence electrons. The second kappa shape index (κ2) is 6.67. The smallest absolute Gasteiger partial charge is 0.159 e. The molecule has 1 N–H and O–H groups in total. The zero-order valence-corrected chi connectivity index (χ0v) is 13.4. The number of hydrogen-bond donors (Lipinski definition) is 1. The summed E-state index contributed by atoms with van der Waals surface area (Å²) in [7, 11) is 1.64. The van der Waals surface area contributed by atoms with Crippen LogP contribution < -0.4 is 5.32 Å². The van der Waals surface area contributed by atoms with Crippen LogP contribution in [0.5, 0.6) is 0 Å². The highest BCUT2D eigenvalue weighted by molar-refractivity contribution is 5.43. The van der Waals surface area contributed by atoms with Crippen molar-refractivity contribution < 1.29 is 4.74 Å². The number of anilines is 1. The first-order valence-electron chi connectivity index (χ1n) is 7.26. The molecule has 0 saturated heterocycles. The lowest BCUT2D eigenvalue weighted by Crippen LogP contribution is -2.10. The van der Waals surface area contributed by atoms with E-state index < -0.39 is 0 Å². The molecule has 6 nitrogen and oxygen atoms in total. The molecule has 2 aromatic heterocycles. The Kier molecular flexibility index (Phi) is 4.90. The Morgan fingerprint density at radius 2 is 2.00 bits per heavy atom. The van der Waals surface area contributed by atoms with Gasteiger partial charge in [0.1, 0.15) is 12.4 Å². The van der Waals surface area contributed by atoms with E-state index in [0.29, 0.717) is 12.4 Å². The molecule has 21 heavy (non-hydrogen) atoms. The fraction of sp³-hybridized carbons (Fsp3) is 0.533. The van der Waals surface area contributed by atoms with Gasteiger partial charge in [0.15, 0.2) is 11.6 Å². The molecule has 0 amide bonds. The van der Waals surface area contributed by atoms with Gasteiger partial charge in [0.25, 0.3) is 0 Å². The minimum Gasteiger partial charge on any atom is -0.377 e. The third-order valence-corrected chi connectivity index (χ3v) is 3.40. The Bertz CT molecular complexity index is 597. The van der Waals surface area contributed by atoms with Crippen molar-refractivity contribution in [3.05, 3.63) is 28.8 Å². The van der Waals surface area contributed by atoms with Crippen LogP contribution in [0.1, 0.15) is 36.6 Å². The largest absolute Gasteiger partial charge is 0.377 e. The van der Waals surface area contributed by atoms with Crippen molar-refractivity contribution in [1.82, 2.24) is 19.7 Å². The molecule has 0 radical (unpaired) electrons. The first kappa shape index (κ1) is 15.4. The quantitative estimate of drug-likeness (QED) is 0.884. The molecule has 0 atom stereocenters. The minimum atomic E-state index is 0.381. The molecule has 0 saturated carbocycles. The maximum Gasteiger partial charge on any atom is 0.159 e. The summed E-state index contributed by atoms with van der Waals surface area (Å²) < 4.78 is 7.03. The molecule has 0 aliphatic heterocycles. The first-order chi connectivity index (χ1) is 10.1. The monoisotopic (exact) mass is 289 g/mol. The van der Waals surface area contributed by atoms with Gasteiger partial charge in [-0.05, 0) is 32.8 Å². The molecule has 0 unspecified atom stereocenters. The van der Waals surface area contributed by atoms with Gasteiger partial charge < -0.3 is 10.1 Å². The van der Waals surface area contributed by atoms with Gasteiger partial charge in [0, 0.05) is 25.4 Å². The van der Waals surface area contributed by atoms with Crippen LogP contribution in [0.3, 0.4) is 0 Å². The van der Waals surface area contributed by atoms with Gasteiger partial charge >= 0.3 is 0 Å². The molecule has 0 bridgehead atoms. The van der Waals surface area contributed by atoms with Crippen LogP contribution in [0, 0.1) is 13.8 Å². The molecule has 0 fully saturated rings. The average molecular weight is 289 g/mol. The Balaban J connectivity index is 2.51. The van der Waals surface area contributed by atoms with Crippen LogP contribution in [0.15, 0.2) is 6.07 Å². The lowest BCUT2D eigenvalue weighted by atomic mass is 10.1. The number of aromatic nitrogens is 4. The zero-order chi connectivity index (χ0) is 15.4. The van der Waals surface area contributed by atoms with Gasteiger partial charge in [0.05, 0.1) is 5.69 Å². The normalized spacial score (nSPS) is 10.9. The molecule has 2 aromatic rings. The van der Waals surface area contributed by atoms with E-state index in [1.165, 1.54) is 5.56 Å². The number of nitrogens with zero attached hydrogens (tertiary/aromatic N) is 4. The van der Waals surface area contributed by atoms with Crippen molar-refractivity contribution >= 4 is 5.82 Å². The van der Waals surface area contributed by atoms with Crippen LogP contribution in [0.2, 0.25) is 0 Å². The Hall–Kier alpha value is -1.95. The number of ether oxygens (including phenoxy) is 1. The summed E-state index contributed by atoms with van der Waals surface area (Å²) >= 11 is 0. The molecule has 6 heteroatoms. The lowest BCUT2D eigenvalue weighted by Gasteiger charge is -2.10. The second-order valence-electron chi connectivity index (χ2n) is 4.91. The second-order valence-corrected chi connectivity index (χ2v) is 4.91. The van der Waals surface area contributed by atoms with Gasteiger partial charge in [-0.2, -0.15) is 5.10 Å². The minimum absolute atomic E-state index is 0.381. The maximum atomic E-state index is 5.15. The summed E-state index contributed by atoms with van der Waals surface area (Å²) in [5.41, 5.74) is 3.44. The standard InChI is InChI=1S/C15H23N5O/c1-6-12-10(3)19-20(11(12)4)15-8-13(16-7-2)17-14(18-15)9-21-5/h8H,6-7,9H2,1-5H3,(H,16,17,18). The number of nitrogens with one attached hydrogen (secondary N) is 1. The molecular weight excluding hydrogens is 266 g/mol. The molecule has 0 aliphatic carbocycles. The fourth-order valence-electron chi connectivity index (χ4n) is 2.47. The number of rotatable bonds is 6. The molecular formula is C15H23N5O. The van der Waals surface area contributed by atoms with Crippen LogP contribution in [-0.4, -0.2) is 33.4 Å². The van der Waals surface area contributed by atoms with Crippen LogP contribution >= 0.6 is 0 Å². The van der Waals surface area contributed by atoms with E-state index in [4.69, 9.17) is 4.74 Å². The summed E-state index contributed by atoms with van der Waals surface area (Å²) in [6.45, 7) is 9.47. The van der Waals surface area contributed by atoms with Gasteiger partial charge in [0.2, 0.25) is 0 Å². The Morgan fingerprint density at radius 1 is 1.24 bits per heavy atom. The van der Waals surface area contributed by atoms with E-state index in [0.717, 1.165) is 36.0 Å². The Morgan fingerprint density at radius 3 is 2.57 bits per heavy atom. The zero-order valence-electron chi connectivity index (χ0n) is 13.4. The predicted molar refractivity (Wildman–Crippen MR) is 82.9 cm³/mol. The summed E-state index contributed by atoms with van der Waals surface area (Å²) in [6, 6.07) is 1.92. The van der Waals surface area contributed by atoms with Crippen molar-refractivity contribution in [2.45, 2.75) is 40.7 Å². The fourth-order valence-corrected chi connectivity index (χ4v) is 2.47. The predicted octanol–water partition coefficient (Wildman–Crippen LogP) is 2.42. The van der Waals surface area contributed by atoms with Crippen molar-refractivity contribution in [3.63, 3.8) is 0 Å². The topological polar surface area (TPSA) is 64.9 Å². The highest BCUT2D eigenvalue weighted by Gasteiger charge is 2.14. The summed E-state index contributed by atoms with van der Waals surface area (Å²) in [4.78, 5) is 8.98. The lowest BCUT2D eigenvalue weighted by molar-refractivity contribution is 0.178. The molecule has 2 heterocycles. The van der Waals surface area contributed by atoms with Gasteiger partial charge in [-0.3, -0.25) is 0 Å². The molecule has 0 aliphatic rings. The highest BCUT2D eigenvalue weighted by atomic mass is 16.5. The summed E-state index contributed by atoms with van der Waals surface area (Å²) in [6.07, 6.45) is 0.966. The van der Waals surface area contributed by atoms with E-state index in [2.05, 4.69) is 34.2 Å². The summed E-state index contributed by atoms with van der Waals surface area (Å²) in [5.74, 6) is 2.21. The number of hydrogen-bond acceptors (Lipinski definition) is 5. The SMILES string of the molecule is CCNc1cc(-n2nc(C)c(CC)c2C)nc(COC)n1. The van der Waals surface area contributed by atoms with Gasteiger partial charge in [-0.15, -0.1) is 0 Å². The summed E-state index contributed by atoms with van der Waals surface area (Å²) in [5, 5.41) is 7.84. The van der Waals surface area contributed by atoms with Gasteiger partial charge in [-0.25, -0.2) is 14.6 Å². The van der Waals surface area contributed by atoms with E-state index in [1.54, 1.807) is 7.11 Å². The molecule has 2 rings (SSSR count). The van der Waals surface area contributed by atoms with Gasteiger partial charge in [-0.1, -0.05) is 6.92 Å². The highest BCUT2D eigenvalue weighted by Crippen LogP contribution is 2.19. The molecule has 0 spiro atoms. The third kappa shape index (κ3) is 3.21. The molecule has 0 aromatic carbocycles. The van der Waals surface area contributed by atoms with Crippen molar-refractivity contribution in [3.8, 4) is 5.82 Å². The van der Waals surface area contributed by atoms with Crippen LogP contribution in [-0.2, 0) is 17.8 Å². The van der Waals surface area contributed by atoms with E-state index >= 15 is 0 Å². The number of methoxy groups -OCH3 is 1. The maximum absolute atomic E-state index is 5.15. The Labute approximate surface area is 125 Å². The van der Waals surface area contributed by atoms with E-state index in [-0.39, 0.29) is 0 Å². The van der Waals surface area contributed by atoms with E-state index in [1.807, 2.05) is 24.6 Å². The van der Waals surface area contributed by atoms with Crippen LogP contribution in [0.4, 0.5) is 5.82 Å². The average Bonchev–Trinajstić information content (AvgIpc) is 2.74. The number of aryl methyl sites for hydroxylation is 1. The van der Waals surface area contributed by atoms with Crippen molar-refractivity contribution in [1.29, 1.82) is 0 Å². The van der Waals surface area contributed by atoms with Crippen molar-refractivity contribution in [2.75, 3.05) is 19.0 Å². The van der Waals surface area contributed by atoms with Crippen LogP contribution in [0.25, 0.3) is 5.82 Å². The van der Waals surface area contributed by atoms with E-state index in [9.17, 15) is 0 Å². The third-order valence-electron chi connectivity index (χ3n) is 3.40.